The van der Waals surface area contributed by atoms with Crippen LogP contribution in [0.5, 0.6) is 0 Å². The summed E-state index contributed by atoms with van der Waals surface area (Å²) in [7, 11) is 0. The number of anilines is 1. The summed E-state index contributed by atoms with van der Waals surface area (Å²) in [5.74, 6) is -0.396. The van der Waals surface area contributed by atoms with Gasteiger partial charge >= 0.3 is 0 Å². The number of hydrogen-bond donors (Lipinski definition) is 2. The minimum absolute atomic E-state index is 0.179. The number of carbonyl (C=O) groups is 1. The van der Waals surface area contributed by atoms with E-state index in [0.717, 1.165) is 15.0 Å². The Morgan fingerprint density at radius 1 is 1.37 bits per heavy atom. The summed E-state index contributed by atoms with van der Waals surface area (Å²) in [6, 6.07) is 9.84. The lowest BCUT2D eigenvalue weighted by Crippen LogP contribution is -2.14. The topological polar surface area (TPSA) is 55.1 Å². The summed E-state index contributed by atoms with van der Waals surface area (Å²) in [4.78, 5) is 12.6. The van der Waals surface area contributed by atoms with Gasteiger partial charge in [-0.25, -0.2) is 0 Å². The smallest absolute Gasteiger partial charge is 0.249 e. The molecule has 0 fully saturated rings. The van der Waals surface area contributed by atoms with Gasteiger partial charge in [-0.05, 0) is 59.6 Å². The second-order valence-electron chi connectivity index (χ2n) is 4.35. The van der Waals surface area contributed by atoms with Crippen LogP contribution >= 0.6 is 27.3 Å². The van der Waals surface area contributed by atoms with E-state index in [1.807, 2.05) is 25.1 Å². The van der Waals surface area contributed by atoms with E-state index >= 15 is 0 Å². The number of hydrogen-bond acceptors (Lipinski definition) is 3. The van der Waals surface area contributed by atoms with Gasteiger partial charge in [-0.3, -0.25) is 4.79 Å². The summed E-state index contributed by atoms with van der Waals surface area (Å²) in [5.41, 5.74) is 7.74. The Kier molecular flexibility index (Phi) is 4.27. The van der Waals surface area contributed by atoms with Crippen molar-refractivity contribution in [1.29, 1.82) is 0 Å². The number of thiophene rings is 1. The van der Waals surface area contributed by atoms with Crippen molar-refractivity contribution in [3.63, 3.8) is 0 Å². The maximum atomic E-state index is 11.3. The summed E-state index contributed by atoms with van der Waals surface area (Å²) in [5, 5.41) is 3.42. The zero-order valence-electron chi connectivity index (χ0n) is 10.7. The van der Waals surface area contributed by atoms with Crippen molar-refractivity contribution in [3.05, 3.63) is 50.1 Å². The Balaban J connectivity index is 2.24. The first kappa shape index (κ1) is 14.1. The standard InChI is InChI=1S/C14H15BrN2OS/c1-8-10(14(16)18)4-3-5-11(8)17-9(2)12-6-7-13(15)19-12/h3-7,9,17H,1-2H3,(H2,16,18). The molecule has 0 aliphatic rings. The van der Waals surface area contributed by atoms with E-state index < -0.39 is 5.91 Å². The molecule has 1 unspecified atom stereocenters. The molecule has 3 nitrogen and oxygen atoms in total. The predicted molar refractivity (Wildman–Crippen MR) is 83.8 cm³/mol. The fraction of sp³-hybridized carbons (Fsp3) is 0.214. The summed E-state index contributed by atoms with van der Waals surface area (Å²) < 4.78 is 1.11. The molecular weight excluding hydrogens is 324 g/mol. The Bertz CT molecular complexity index is 609. The van der Waals surface area contributed by atoms with Crippen molar-refractivity contribution < 1.29 is 4.79 Å². The molecule has 5 heteroatoms. The highest BCUT2D eigenvalue weighted by atomic mass is 79.9. The first-order valence-electron chi connectivity index (χ1n) is 5.90. The van der Waals surface area contributed by atoms with E-state index in [-0.39, 0.29) is 6.04 Å². The number of benzene rings is 1. The van der Waals surface area contributed by atoms with Crippen LogP contribution in [0.25, 0.3) is 0 Å². The van der Waals surface area contributed by atoms with Crippen LogP contribution in [0, 0.1) is 6.92 Å². The molecule has 0 bridgehead atoms. The normalized spacial score (nSPS) is 12.2. The van der Waals surface area contributed by atoms with Gasteiger partial charge < -0.3 is 11.1 Å². The summed E-state index contributed by atoms with van der Waals surface area (Å²) in [6.07, 6.45) is 0. The molecule has 0 spiro atoms. The van der Waals surface area contributed by atoms with Gasteiger partial charge in [0.2, 0.25) is 5.91 Å². The molecule has 0 aliphatic carbocycles. The van der Waals surface area contributed by atoms with Crippen molar-refractivity contribution in [2.45, 2.75) is 19.9 Å². The van der Waals surface area contributed by atoms with Gasteiger partial charge in [0.1, 0.15) is 0 Å². The molecule has 1 heterocycles. The second kappa shape index (κ2) is 5.75. The molecule has 1 aromatic carbocycles. The number of halogens is 1. The molecule has 1 amide bonds. The maximum Gasteiger partial charge on any atom is 0.249 e. The second-order valence-corrected chi connectivity index (χ2v) is 6.84. The molecule has 1 aromatic heterocycles. The molecule has 0 radical (unpaired) electrons. The molecule has 1 atom stereocenters. The van der Waals surface area contributed by atoms with E-state index in [1.165, 1.54) is 4.88 Å². The van der Waals surface area contributed by atoms with E-state index in [4.69, 9.17) is 5.73 Å². The van der Waals surface area contributed by atoms with Gasteiger partial charge in [0.15, 0.2) is 0 Å². The van der Waals surface area contributed by atoms with E-state index in [9.17, 15) is 4.79 Å². The van der Waals surface area contributed by atoms with Crippen molar-refractivity contribution in [3.8, 4) is 0 Å². The van der Waals surface area contributed by atoms with Gasteiger partial charge in [0, 0.05) is 16.1 Å². The summed E-state index contributed by atoms with van der Waals surface area (Å²) >= 11 is 5.15. The molecule has 19 heavy (non-hydrogen) atoms. The van der Waals surface area contributed by atoms with Crippen LogP contribution in [0.2, 0.25) is 0 Å². The van der Waals surface area contributed by atoms with Gasteiger partial charge in [-0.1, -0.05) is 6.07 Å². The van der Waals surface area contributed by atoms with E-state index in [0.29, 0.717) is 5.56 Å². The lowest BCUT2D eigenvalue weighted by Gasteiger charge is -2.17. The molecular formula is C14H15BrN2OS. The Morgan fingerprint density at radius 3 is 2.68 bits per heavy atom. The molecule has 0 saturated carbocycles. The number of carbonyl (C=O) groups excluding carboxylic acids is 1. The Labute approximate surface area is 125 Å². The third-order valence-corrected chi connectivity index (χ3v) is 4.80. The monoisotopic (exact) mass is 338 g/mol. The zero-order chi connectivity index (χ0) is 14.0. The molecule has 0 aliphatic heterocycles. The molecule has 2 aromatic rings. The van der Waals surface area contributed by atoms with Crippen LogP contribution in [0.1, 0.15) is 33.8 Å². The number of rotatable bonds is 4. The Morgan fingerprint density at radius 2 is 2.11 bits per heavy atom. The quantitative estimate of drug-likeness (QED) is 0.881. The van der Waals surface area contributed by atoms with E-state index in [2.05, 4.69) is 34.2 Å². The number of nitrogens with one attached hydrogen (secondary N) is 1. The highest BCUT2D eigenvalue weighted by Crippen LogP contribution is 2.30. The van der Waals surface area contributed by atoms with Gasteiger partial charge in [-0.2, -0.15) is 0 Å². The third kappa shape index (κ3) is 3.16. The predicted octanol–water partition coefficient (Wildman–Crippen LogP) is 4.09. The van der Waals surface area contributed by atoms with Gasteiger partial charge in [-0.15, -0.1) is 11.3 Å². The largest absolute Gasteiger partial charge is 0.377 e. The van der Waals surface area contributed by atoms with E-state index in [1.54, 1.807) is 17.4 Å². The van der Waals surface area contributed by atoms with Crippen molar-refractivity contribution in [2.75, 3.05) is 5.32 Å². The third-order valence-electron chi connectivity index (χ3n) is 2.99. The van der Waals surface area contributed by atoms with Crippen LogP contribution < -0.4 is 11.1 Å². The highest BCUT2D eigenvalue weighted by Gasteiger charge is 2.12. The number of nitrogens with two attached hydrogens (primary N) is 1. The zero-order valence-corrected chi connectivity index (χ0v) is 13.1. The fourth-order valence-electron chi connectivity index (χ4n) is 1.92. The lowest BCUT2D eigenvalue weighted by atomic mass is 10.1. The number of amides is 1. The molecule has 0 saturated heterocycles. The SMILES string of the molecule is Cc1c(NC(C)c2ccc(Br)s2)cccc1C(N)=O. The first-order valence-corrected chi connectivity index (χ1v) is 7.51. The van der Waals surface area contributed by atoms with Crippen LogP contribution in [0.3, 0.4) is 0 Å². The average molecular weight is 339 g/mol. The van der Waals surface area contributed by atoms with Crippen LogP contribution in [0.4, 0.5) is 5.69 Å². The fourth-order valence-corrected chi connectivity index (χ4v) is 3.35. The average Bonchev–Trinajstić information content (AvgIpc) is 2.78. The molecule has 3 N–H and O–H groups in total. The van der Waals surface area contributed by atoms with Crippen LogP contribution in [-0.4, -0.2) is 5.91 Å². The van der Waals surface area contributed by atoms with Crippen molar-refractivity contribution >= 4 is 38.9 Å². The number of primary amides is 1. The van der Waals surface area contributed by atoms with Crippen LogP contribution in [0.15, 0.2) is 34.1 Å². The molecule has 2 rings (SSSR count). The minimum atomic E-state index is -0.396. The van der Waals surface area contributed by atoms with Crippen molar-refractivity contribution in [1.82, 2.24) is 0 Å². The summed E-state index contributed by atoms with van der Waals surface area (Å²) in [6.45, 7) is 3.99. The minimum Gasteiger partial charge on any atom is -0.377 e. The molecule has 100 valence electrons. The van der Waals surface area contributed by atoms with Crippen molar-refractivity contribution in [2.24, 2.45) is 5.73 Å². The Hall–Kier alpha value is -1.33. The van der Waals surface area contributed by atoms with Crippen LogP contribution in [-0.2, 0) is 0 Å². The maximum absolute atomic E-state index is 11.3. The van der Waals surface area contributed by atoms with Gasteiger partial charge in [0.25, 0.3) is 0 Å². The first-order chi connectivity index (χ1) is 8.99. The van der Waals surface area contributed by atoms with Gasteiger partial charge in [0.05, 0.1) is 9.83 Å². The lowest BCUT2D eigenvalue weighted by molar-refractivity contribution is 0.1000. The highest BCUT2D eigenvalue weighted by molar-refractivity contribution is 9.11.